The molecule has 1 atom stereocenters. The van der Waals surface area contributed by atoms with Crippen LogP contribution in [0.3, 0.4) is 0 Å². The van der Waals surface area contributed by atoms with Gasteiger partial charge in [-0.1, -0.05) is 0 Å². The van der Waals surface area contributed by atoms with Gasteiger partial charge in [-0.15, -0.1) is 0 Å². The zero-order valence-electron chi connectivity index (χ0n) is 9.62. The third-order valence-electron chi connectivity index (χ3n) is 1.98. The minimum absolute atomic E-state index is 0.0467. The number of methoxy groups -OCH3 is 1. The van der Waals surface area contributed by atoms with E-state index in [1.54, 1.807) is 7.05 Å². The van der Waals surface area contributed by atoms with E-state index in [-0.39, 0.29) is 23.9 Å². The van der Waals surface area contributed by atoms with Crippen molar-refractivity contribution in [2.24, 2.45) is 7.05 Å². The molecule has 1 heterocycles. The lowest BCUT2D eigenvalue weighted by Crippen LogP contribution is -2.34. The van der Waals surface area contributed by atoms with Crippen LogP contribution in [0.25, 0.3) is 0 Å². The second-order valence-electron chi connectivity index (χ2n) is 3.51. The number of anilines is 1. The van der Waals surface area contributed by atoms with Crippen molar-refractivity contribution in [2.45, 2.75) is 11.0 Å². The number of aliphatic hydroxyl groups excluding tert-OH is 1. The van der Waals surface area contributed by atoms with Gasteiger partial charge in [-0.2, -0.15) is 5.10 Å². The van der Waals surface area contributed by atoms with Gasteiger partial charge in [0.25, 0.3) is 0 Å². The Morgan fingerprint density at radius 1 is 1.71 bits per heavy atom. The molecular weight excluding hydrogens is 248 g/mol. The summed E-state index contributed by atoms with van der Waals surface area (Å²) in [7, 11) is -0.779. The Morgan fingerprint density at radius 2 is 2.35 bits per heavy atom. The predicted octanol–water partition coefficient (Wildman–Crippen LogP) is -1.71. The molecule has 17 heavy (non-hydrogen) atoms. The van der Waals surface area contributed by atoms with Gasteiger partial charge in [0.05, 0.1) is 12.7 Å². The Bertz CT molecular complexity index is 470. The molecule has 0 saturated carbocycles. The second-order valence-corrected chi connectivity index (χ2v) is 5.25. The molecule has 8 nitrogen and oxygen atoms in total. The van der Waals surface area contributed by atoms with Gasteiger partial charge in [0.1, 0.15) is 4.90 Å². The van der Waals surface area contributed by atoms with Crippen molar-refractivity contribution in [3.63, 3.8) is 0 Å². The number of ether oxygens (including phenoxy) is 1. The Balaban J connectivity index is 2.73. The molecule has 0 aliphatic carbocycles. The maximum Gasteiger partial charge on any atom is 0.245 e. The number of hydrogen-bond acceptors (Lipinski definition) is 6. The van der Waals surface area contributed by atoms with Crippen molar-refractivity contribution in [1.29, 1.82) is 0 Å². The Kier molecular flexibility index (Phi) is 4.46. The molecule has 0 amide bonds. The molecule has 1 aromatic rings. The van der Waals surface area contributed by atoms with E-state index in [2.05, 4.69) is 14.6 Å². The summed E-state index contributed by atoms with van der Waals surface area (Å²) in [5, 5.41) is 13.1. The van der Waals surface area contributed by atoms with Crippen LogP contribution in [0.2, 0.25) is 0 Å². The summed E-state index contributed by atoms with van der Waals surface area (Å²) in [5.74, 6) is -0.0822. The first-order valence-electron chi connectivity index (χ1n) is 4.82. The van der Waals surface area contributed by atoms with Crippen LogP contribution in [-0.4, -0.2) is 49.7 Å². The number of nitrogen functional groups attached to an aromatic ring is 1. The molecule has 0 aliphatic rings. The molecule has 9 heteroatoms. The number of nitrogens with two attached hydrogens (primary N) is 1. The molecule has 98 valence electrons. The first kappa shape index (κ1) is 13.9. The molecule has 4 N–H and O–H groups in total. The zero-order chi connectivity index (χ0) is 13.1. The van der Waals surface area contributed by atoms with Crippen molar-refractivity contribution >= 4 is 15.8 Å². The van der Waals surface area contributed by atoms with Crippen LogP contribution < -0.4 is 10.5 Å². The molecule has 0 aliphatic heterocycles. The van der Waals surface area contributed by atoms with Crippen LogP contribution in [0, 0.1) is 0 Å². The molecule has 0 fully saturated rings. The third-order valence-corrected chi connectivity index (χ3v) is 3.42. The Morgan fingerprint density at radius 3 is 2.82 bits per heavy atom. The highest BCUT2D eigenvalue weighted by Crippen LogP contribution is 2.14. The van der Waals surface area contributed by atoms with Crippen molar-refractivity contribution in [2.75, 3.05) is 26.0 Å². The summed E-state index contributed by atoms with van der Waals surface area (Å²) in [6.07, 6.45) is 0.382. The number of nitrogens with one attached hydrogen (secondary N) is 1. The number of aryl methyl sites for hydroxylation is 1. The van der Waals surface area contributed by atoms with E-state index in [9.17, 15) is 13.5 Å². The highest BCUT2D eigenvalue weighted by molar-refractivity contribution is 7.89. The molecule has 0 aromatic carbocycles. The SMILES string of the molecule is COCC(O)CNS(=O)(=O)c1cn(C)nc1N. The van der Waals surface area contributed by atoms with Crippen LogP contribution in [-0.2, 0) is 21.8 Å². The van der Waals surface area contributed by atoms with Crippen molar-refractivity contribution in [1.82, 2.24) is 14.5 Å². The lowest BCUT2D eigenvalue weighted by atomic mass is 10.4. The molecule has 0 radical (unpaired) electrons. The maximum atomic E-state index is 11.8. The molecule has 0 saturated heterocycles. The largest absolute Gasteiger partial charge is 0.389 e. The summed E-state index contributed by atoms with van der Waals surface area (Å²) < 4.78 is 31.8. The van der Waals surface area contributed by atoms with E-state index in [0.29, 0.717) is 0 Å². The van der Waals surface area contributed by atoms with Gasteiger partial charge in [0.15, 0.2) is 5.82 Å². The van der Waals surface area contributed by atoms with Crippen molar-refractivity contribution < 1.29 is 18.3 Å². The summed E-state index contributed by atoms with van der Waals surface area (Å²) in [4.78, 5) is -0.107. The standard InChI is InChI=1S/C8H16N4O4S/c1-12-4-7(8(9)11-12)17(14,15)10-3-6(13)5-16-2/h4,6,10,13H,3,5H2,1-2H3,(H2,9,11). The lowest BCUT2D eigenvalue weighted by molar-refractivity contribution is 0.0679. The molecule has 1 unspecified atom stereocenters. The molecule has 1 rings (SSSR count). The Hall–Kier alpha value is -1.16. The van der Waals surface area contributed by atoms with Crippen LogP contribution in [0.1, 0.15) is 0 Å². The van der Waals surface area contributed by atoms with Gasteiger partial charge in [0, 0.05) is 26.9 Å². The van der Waals surface area contributed by atoms with Crippen LogP contribution >= 0.6 is 0 Å². The predicted molar refractivity (Wildman–Crippen MR) is 60.7 cm³/mol. The average molecular weight is 264 g/mol. The number of nitrogens with zero attached hydrogens (tertiary/aromatic N) is 2. The average Bonchev–Trinajstić information content (AvgIpc) is 2.56. The monoisotopic (exact) mass is 264 g/mol. The molecule has 0 bridgehead atoms. The quantitative estimate of drug-likeness (QED) is 0.562. The number of hydrogen-bond donors (Lipinski definition) is 3. The maximum absolute atomic E-state index is 11.8. The van der Waals surface area contributed by atoms with Crippen molar-refractivity contribution in [3.05, 3.63) is 6.20 Å². The van der Waals surface area contributed by atoms with Gasteiger partial charge in [0.2, 0.25) is 10.0 Å². The minimum atomic E-state index is -3.76. The molecule has 0 spiro atoms. The topological polar surface area (TPSA) is 119 Å². The summed E-state index contributed by atoms with van der Waals surface area (Å²) in [6, 6.07) is 0. The normalized spacial score (nSPS) is 13.8. The second kappa shape index (κ2) is 5.45. The Labute approximate surface area is 99.4 Å². The first-order valence-corrected chi connectivity index (χ1v) is 6.31. The van der Waals surface area contributed by atoms with E-state index >= 15 is 0 Å². The fraction of sp³-hybridized carbons (Fsp3) is 0.625. The van der Waals surface area contributed by atoms with Gasteiger partial charge in [-0.05, 0) is 0 Å². The van der Waals surface area contributed by atoms with E-state index < -0.39 is 16.1 Å². The minimum Gasteiger partial charge on any atom is -0.389 e. The number of aromatic nitrogens is 2. The van der Waals surface area contributed by atoms with E-state index in [1.807, 2.05) is 0 Å². The smallest absolute Gasteiger partial charge is 0.245 e. The van der Waals surface area contributed by atoms with Gasteiger partial charge in [-0.3, -0.25) is 4.68 Å². The van der Waals surface area contributed by atoms with Crippen LogP contribution in [0.15, 0.2) is 11.1 Å². The fourth-order valence-electron chi connectivity index (χ4n) is 1.23. The lowest BCUT2D eigenvalue weighted by Gasteiger charge is -2.10. The third kappa shape index (κ3) is 3.66. The summed E-state index contributed by atoms with van der Waals surface area (Å²) in [5.41, 5.74) is 5.45. The van der Waals surface area contributed by atoms with Crippen LogP contribution in [0.4, 0.5) is 5.82 Å². The van der Waals surface area contributed by atoms with Gasteiger partial charge in [-0.25, -0.2) is 13.1 Å². The highest BCUT2D eigenvalue weighted by atomic mass is 32.2. The van der Waals surface area contributed by atoms with E-state index in [4.69, 9.17) is 5.73 Å². The molecule has 1 aromatic heterocycles. The first-order chi connectivity index (χ1) is 7.86. The molecular formula is C8H16N4O4S. The fourth-order valence-corrected chi connectivity index (χ4v) is 2.40. The summed E-state index contributed by atoms with van der Waals surface area (Å²) in [6.45, 7) is -0.102. The number of aliphatic hydroxyl groups is 1. The van der Waals surface area contributed by atoms with Gasteiger partial charge >= 0.3 is 0 Å². The number of rotatable bonds is 6. The van der Waals surface area contributed by atoms with E-state index in [1.165, 1.54) is 18.0 Å². The number of sulfonamides is 1. The zero-order valence-corrected chi connectivity index (χ0v) is 10.4. The highest BCUT2D eigenvalue weighted by Gasteiger charge is 2.21. The summed E-state index contributed by atoms with van der Waals surface area (Å²) >= 11 is 0. The van der Waals surface area contributed by atoms with E-state index in [0.717, 1.165) is 0 Å². The van der Waals surface area contributed by atoms with Crippen molar-refractivity contribution in [3.8, 4) is 0 Å². The van der Waals surface area contributed by atoms with Crippen LogP contribution in [0.5, 0.6) is 0 Å². The van der Waals surface area contributed by atoms with Gasteiger partial charge < -0.3 is 15.6 Å².